The highest BCUT2D eigenvalue weighted by molar-refractivity contribution is 5.75. The SMILES string of the molecule is CCOC(=O)C(CCN1CCCC(COC)C1)NC(C)C. The highest BCUT2D eigenvalue weighted by atomic mass is 16.5. The third-order valence-electron chi connectivity index (χ3n) is 3.85. The van der Waals surface area contributed by atoms with Gasteiger partial charge in [0.2, 0.25) is 0 Å². The highest BCUT2D eigenvalue weighted by Gasteiger charge is 2.24. The second-order valence-electron chi connectivity index (χ2n) is 6.18. The maximum atomic E-state index is 12.0. The molecular formula is C16H32N2O3. The van der Waals surface area contributed by atoms with Crippen molar-refractivity contribution < 1.29 is 14.3 Å². The number of hydrogen-bond donors (Lipinski definition) is 1. The summed E-state index contributed by atoms with van der Waals surface area (Å²) in [5.74, 6) is 0.500. The molecule has 1 aliphatic heterocycles. The van der Waals surface area contributed by atoms with Crippen molar-refractivity contribution in [3.05, 3.63) is 0 Å². The highest BCUT2D eigenvalue weighted by Crippen LogP contribution is 2.17. The van der Waals surface area contributed by atoms with E-state index in [1.807, 2.05) is 6.92 Å². The van der Waals surface area contributed by atoms with Gasteiger partial charge >= 0.3 is 5.97 Å². The summed E-state index contributed by atoms with van der Waals surface area (Å²) in [5, 5.41) is 3.31. The third kappa shape index (κ3) is 7.25. The van der Waals surface area contributed by atoms with Gasteiger partial charge in [0.05, 0.1) is 13.2 Å². The van der Waals surface area contributed by atoms with Crippen LogP contribution in [0.2, 0.25) is 0 Å². The first-order valence-corrected chi connectivity index (χ1v) is 8.20. The molecule has 5 nitrogen and oxygen atoms in total. The molecule has 2 unspecified atom stereocenters. The van der Waals surface area contributed by atoms with E-state index in [9.17, 15) is 4.79 Å². The zero-order valence-corrected chi connectivity index (χ0v) is 14.1. The molecule has 0 saturated carbocycles. The van der Waals surface area contributed by atoms with Crippen LogP contribution in [-0.4, -0.2) is 62.9 Å². The van der Waals surface area contributed by atoms with Crippen molar-refractivity contribution in [1.29, 1.82) is 0 Å². The molecule has 5 heteroatoms. The molecule has 1 aliphatic rings. The van der Waals surface area contributed by atoms with Crippen molar-refractivity contribution >= 4 is 5.97 Å². The fourth-order valence-electron chi connectivity index (χ4n) is 2.95. The molecule has 1 N–H and O–H groups in total. The number of ether oxygens (including phenoxy) is 2. The summed E-state index contributed by atoms with van der Waals surface area (Å²) in [6.07, 6.45) is 3.27. The summed E-state index contributed by atoms with van der Waals surface area (Å²) in [7, 11) is 1.77. The molecule has 124 valence electrons. The molecule has 1 fully saturated rings. The summed E-state index contributed by atoms with van der Waals surface area (Å²) < 4.78 is 10.4. The Bertz CT molecular complexity index is 295. The van der Waals surface area contributed by atoms with E-state index in [4.69, 9.17) is 9.47 Å². The smallest absolute Gasteiger partial charge is 0.323 e. The van der Waals surface area contributed by atoms with Crippen LogP contribution < -0.4 is 5.32 Å². The van der Waals surface area contributed by atoms with Crippen molar-refractivity contribution in [2.24, 2.45) is 5.92 Å². The van der Waals surface area contributed by atoms with Gasteiger partial charge in [-0.2, -0.15) is 0 Å². The Balaban J connectivity index is 2.42. The lowest BCUT2D eigenvalue weighted by molar-refractivity contribution is -0.146. The van der Waals surface area contributed by atoms with E-state index in [0.29, 0.717) is 12.5 Å². The number of nitrogens with one attached hydrogen (secondary N) is 1. The van der Waals surface area contributed by atoms with Gasteiger partial charge in [0, 0.05) is 26.2 Å². The van der Waals surface area contributed by atoms with E-state index >= 15 is 0 Å². The van der Waals surface area contributed by atoms with E-state index in [2.05, 4.69) is 24.1 Å². The molecule has 21 heavy (non-hydrogen) atoms. The minimum absolute atomic E-state index is 0.128. The van der Waals surface area contributed by atoms with Crippen LogP contribution >= 0.6 is 0 Å². The normalized spacial score (nSPS) is 21.5. The van der Waals surface area contributed by atoms with Crippen LogP contribution in [-0.2, 0) is 14.3 Å². The van der Waals surface area contributed by atoms with Crippen LogP contribution in [0.15, 0.2) is 0 Å². The topological polar surface area (TPSA) is 50.8 Å². The number of rotatable bonds is 9. The molecule has 1 rings (SSSR count). The molecule has 0 amide bonds. The number of methoxy groups -OCH3 is 1. The summed E-state index contributed by atoms with van der Waals surface area (Å²) in [4.78, 5) is 14.4. The number of piperidine rings is 1. The molecular weight excluding hydrogens is 268 g/mol. The zero-order valence-electron chi connectivity index (χ0n) is 14.1. The van der Waals surface area contributed by atoms with Gasteiger partial charge in [0.15, 0.2) is 0 Å². The fraction of sp³-hybridized carbons (Fsp3) is 0.938. The number of hydrogen-bond acceptors (Lipinski definition) is 5. The number of carbonyl (C=O) groups is 1. The van der Waals surface area contributed by atoms with E-state index in [1.54, 1.807) is 7.11 Å². The molecule has 2 atom stereocenters. The summed E-state index contributed by atoms with van der Waals surface area (Å²) in [5.41, 5.74) is 0. The predicted octanol–water partition coefficient (Wildman–Crippen LogP) is 1.66. The van der Waals surface area contributed by atoms with Crippen molar-refractivity contribution in [1.82, 2.24) is 10.2 Å². The molecule has 0 spiro atoms. The molecule has 1 saturated heterocycles. The Kier molecular flexibility index (Phi) is 8.88. The van der Waals surface area contributed by atoms with E-state index in [-0.39, 0.29) is 18.1 Å². The van der Waals surface area contributed by atoms with Gasteiger partial charge in [-0.05, 0) is 38.6 Å². The standard InChI is InChI=1S/C16H32N2O3/c1-5-21-16(19)15(17-13(2)3)8-10-18-9-6-7-14(11-18)12-20-4/h13-15,17H,5-12H2,1-4H3. The van der Waals surface area contributed by atoms with Gasteiger partial charge < -0.3 is 19.7 Å². The molecule has 0 aromatic heterocycles. The van der Waals surface area contributed by atoms with Crippen molar-refractivity contribution in [2.75, 3.05) is 40.0 Å². The molecule has 1 heterocycles. The number of nitrogens with zero attached hydrogens (tertiary/aromatic N) is 1. The second kappa shape index (κ2) is 10.1. The number of esters is 1. The Hall–Kier alpha value is -0.650. The molecule has 0 aliphatic carbocycles. The van der Waals surface area contributed by atoms with Gasteiger partial charge in [0.1, 0.15) is 6.04 Å². The average molecular weight is 300 g/mol. The Morgan fingerprint density at radius 3 is 2.81 bits per heavy atom. The van der Waals surface area contributed by atoms with Gasteiger partial charge in [-0.1, -0.05) is 13.8 Å². The fourth-order valence-corrected chi connectivity index (χ4v) is 2.95. The second-order valence-corrected chi connectivity index (χ2v) is 6.18. The Morgan fingerprint density at radius 1 is 1.43 bits per heavy atom. The Morgan fingerprint density at radius 2 is 2.19 bits per heavy atom. The minimum atomic E-state index is -0.201. The number of carbonyl (C=O) groups excluding carboxylic acids is 1. The van der Waals surface area contributed by atoms with Crippen LogP contribution in [0.5, 0.6) is 0 Å². The van der Waals surface area contributed by atoms with Crippen molar-refractivity contribution in [3.8, 4) is 0 Å². The first kappa shape index (κ1) is 18.4. The van der Waals surface area contributed by atoms with Crippen LogP contribution in [0, 0.1) is 5.92 Å². The lowest BCUT2D eigenvalue weighted by Crippen LogP contribution is -2.45. The molecule has 0 aromatic rings. The van der Waals surface area contributed by atoms with Crippen LogP contribution in [0.4, 0.5) is 0 Å². The molecule has 0 radical (unpaired) electrons. The van der Waals surface area contributed by atoms with Crippen LogP contribution in [0.3, 0.4) is 0 Å². The van der Waals surface area contributed by atoms with Crippen LogP contribution in [0.1, 0.15) is 40.0 Å². The summed E-state index contributed by atoms with van der Waals surface area (Å²) in [6.45, 7) is 10.4. The van der Waals surface area contributed by atoms with Gasteiger partial charge in [0.25, 0.3) is 0 Å². The summed E-state index contributed by atoms with van der Waals surface area (Å²) >= 11 is 0. The maximum Gasteiger partial charge on any atom is 0.323 e. The van der Waals surface area contributed by atoms with Crippen molar-refractivity contribution in [3.63, 3.8) is 0 Å². The molecule has 0 aromatic carbocycles. The first-order chi connectivity index (χ1) is 10.1. The maximum absolute atomic E-state index is 12.0. The van der Waals surface area contributed by atoms with Gasteiger partial charge in [-0.15, -0.1) is 0 Å². The van der Waals surface area contributed by atoms with Gasteiger partial charge in [-0.25, -0.2) is 0 Å². The van der Waals surface area contributed by atoms with E-state index in [1.165, 1.54) is 12.8 Å². The number of likely N-dealkylation sites (tertiary alicyclic amines) is 1. The van der Waals surface area contributed by atoms with Crippen molar-refractivity contribution in [2.45, 2.75) is 52.1 Å². The Labute approximate surface area is 129 Å². The summed E-state index contributed by atoms with van der Waals surface area (Å²) in [6, 6.07) is 0.0785. The lowest BCUT2D eigenvalue weighted by Gasteiger charge is -2.33. The average Bonchev–Trinajstić information content (AvgIpc) is 2.44. The van der Waals surface area contributed by atoms with E-state index in [0.717, 1.165) is 32.7 Å². The quantitative estimate of drug-likeness (QED) is 0.656. The van der Waals surface area contributed by atoms with Gasteiger partial charge in [-0.3, -0.25) is 4.79 Å². The predicted molar refractivity (Wildman–Crippen MR) is 84.3 cm³/mol. The van der Waals surface area contributed by atoms with Crippen LogP contribution in [0.25, 0.3) is 0 Å². The first-order valence-electron chi connectivity index (χ1n) is 8.20. The minimum Gasteiger partial charge on any atom is -0.465 e. The van der Waals surface area contributed by atoms with E-state index < -0.39 is 0 Å². The third-order valence-corrected chi connectivity index (χ3v) is 3.85. The largest absolute Gasteiger partial charge is 0.465 e. The molecule has 0 bridgehead atoms. The monoisotopic (exact) mass is 300 g/mol. The zero-order chi connectivity index (χ0) is 15.7. The lowest BCUT2D eigenvalue weighted by atomic mass is 9.98.